The van der Waals surface area contributed by atoms with Gasteiger partial charge in [0.2, 0.25) is 0 Å². The number of ether oxygens (including phenoxy) is 2. The molecule has 3 rings (SSSR count). The first-order chi connectivity index (χ1) is 12.0. The second-order valence-electron chi connectivity index (χ2n) is 6.58. The highest BCUT2D eigenvalue weighted by Gasteiger charge is 2.23. The fraction of sp³-hybridized carbons (Fsp3) is 0.429. The van der Waals surface area contributed by atoms with Gasteiger partial charge in [-0.25, -0.2) is 0 Å². The molecule has 0 aromatic heterocycles. The molecule has 2 N–H and O–H groups in total. The van der Waals surface area contributed by atoms with E-state index in [0.717, 1.165) is 36.6 Å². The number of nitrogens with two attached hydrogens (primary N) is 1. The van der Waals surface area contributed by atoms with E-state index < -0.39 is 0 Å². The van der Waals surface area contributed by atoms with Crippen LogP contribution in [0.1, 0.15) is 28.3 Å². The quantitative estimate of drug-likeness (QED) is 0.907. The lowest BCUT2D eigenvalue weighted by Gasteiger charge is -2.20. The normalized spacial score (nSPS) is 17.0. The Morgan fingerprint density at radius 1 is 1.08 bits per heavy atom. The first-order valence-corrected chi connectivity index (χ1v) is 8.68. The van der Waals surface area contributed by atoms with Crippen LogP contribution < -0.4 is 15.2 Å². The van der Waals surface area contributed by atoms with Gasteiger partial charge in [0.15, 0.2) is 11.5 Å². The third-order valence-electron chi connectivity index (χ3n) is 4.67. The van der Waals surface area contributed by atoms with Gasteiger partial charge in [-0.3, -0.25) is 0 Å². The van der Waals surface area contributed by atoms with Gasteiger partial charge in [0.1, 0.15) is 0 Å². The van der Waals surface area contributed by atoms with E-state index in [1.807, 2.05) is 24.3 Å². The molecule has 0 aliphatic carbocycles. The third kappa shape index (κ3) is 4.74. The van der Waals surface area contributed by atoms with Crippen molar-refractivity contribution in [2.24, 2.45) is 5.73 Å². The topological polar surface area (TPSA) is 47.7 Å². The van der Waals surface area contributed by atoms with Gasteiger partial charge in [-0.05, 0) is 50.1 Å². The number of fused-ring (bicyclic) bond motifs is 1. The number of nitrogens with zero attached hydrogens (tertiary/aromatic N) is 1. The van der Waals surface area contributed by atoms with E-state index in [2.05, 4.69) is 37.9 Å². The van der Waals surface area contributed by atoms with Crippen LogP contribution in [0.5, 0.6) is 11.5 Å². The Hall–Kier alpha value is -2.04. The lowest BCUT2D eigenvalue weighted by atomic mass is 9.94. The average Bonchev–Trinajstić information content (AvgIpc) is 2.74. The molecular weight excluding hydrogens is 312 g/mol. The fourth-order valence-electron chi connectivity index (χ4n) is 3.26. The van der Waals surface area contributed by atoms with Crippen molar-refractivity contribution in [1.29, 1.82) is 0 Å². The molecule has 25 heavy (non-hydrogen) atoms. The Kier molecular flexibility index (Phi) is 6.85. The van der Waals surface area contributed by atoms with E-state index in [9.17, 15) is 0 Å². The summed E-state index contributed by atoms with van der Waals surface area (Å²) in [5, 5.41) is 0. The molecule has 0 bridgehead atoms. The van der Waals surface area contributed by atoms with Crippen molar-refractivity contribution in [1.82, 2.24) is 4.90 Å². The summed E-state index contributed by atoms with van der Waals surface area (Å²) in [7, 11) is 5.45. The van der Waals surface area contributed by atoms with Crippen molar-refractivity contribution in [3.05, 3.63) is 58.7 Å². The van der Waals surface area contributed by atoms with Gasteiger partial charge >= 0.3 is 0 Å². The third-order valence-corrected chi connectivity index (χ3v) is 4.67. The van der Waals surface area contributed by atoms with E-state index in [4.69, 9.17) is 15.2 Å². The Morgan fingerprint density at radius 3 is 2.28 bits per heavy atom. The Labute approximate surface area is 151 Å². The Balaban J connectivity index is 0.000000269. The molecule has 1 aliphatic rings. The summed E-state index contributed by atoms with van der Waals surface area (Å²) >= 11 is 0. The Morgan fingerprint density at radius 2 is 1.76 bits per heavy atom. The highest BCUT2D eigenvalue weighted by atomic mass is 16.5. The van der Waals surface area contributed by atoms with Crippen LogP contribution in [0.25, 0.3) is 0 Å². The van der Waals surface area contributed by atoms with Crippen LogP contribution in [-0.4, -0.2) is 39.3 Å². The number of aryl methyl sites for hydroxylation is 1. The molecule has 0 spiro atoms. The zero-order valence-electron chi connectivity index (χ0n) is 16.0. The van der Waals surface area contributed by atoms with E-state index in [0.29, 0.717) is 0 Å². The van der Waals surface area contributed by atoms with Gasteiger partial charge in [-0.1, -0.05) is 35.9 Å². The summed E-state index contributed by atoms with van der Waals surface area (Å²) in [5.41, 5.74) is 11.3. The average molecular weight is 342 g/mol. The molecular formula is C21H30N2O2. The minimum Gasteiger partial charge on any atom is -0.493 e. The predicted molar refractivity (Wildman–Crippen MR) is 104 cm³/mol. The fourth-order valence-corrected chi connectivity index (χ4v) is 3.26. The van der Waals surface area contributed by atoms with Gasteiger partial charge in [-0.15, -0.1) is 0 Å². The van der Waals surface area contributed by atoms with Crippen molar-refractivity contribution in [2.45, 2.75) is 26.3 Å². The molecule has 1 heterocycles. The van der Waals surface area contributed by atoms with Gasteiger partial charge in [0.25, 0.3) is 0 Å². The van der Waals surface area contributed by atoms with Crippen LogP contribution in [0.4, 0.5) is 0 Å². The van der Waals surface area contributed by atoms with Crippen molar-refractivity contribution in [3.63, 3.8) is 0 Å². The lowest BCUT2D eigenvalue weighted by molar-refractivity contribution is 0.327. The number of hydrogen-bond acceptors (Lipinski definition) is 4. The SMILES string of the molecule is COc1cc2c(c(C)c1OC)CCN(C)CC2N.Cc1ccccc1. The summed E-state index contributed by atoms with van der Waals surface area (Å²) < 4.78 is 10.9. The van der Waals surface area contributed by atoms with Gasteiger partial charge in [0.05, 0.1) is 14.2 Å². The molecule has 1 unspecified atom stereocenters. The van der Waals surface area contributed by atoms with Crippen LogP contribution in [0, 0.1) is 13.8 Å². The van der Waals surface area contributed by atoms with E-state index in [1.54, 1.807) is 14.2 Å². The van der Waals surface area contributed by atoms with Crippen LogP contribution in [-0.2, 0) is 6.42 Å². The molecule has 1 atom stereocenters. The van der Waals surface area contributed by atoms with Crippen molar-refractivity contribution in [2.75, 3.05) is 34.4 Å². The first kappa shape index (κ1) is 19.3. The minimum absolute atomic E-state index is 0.0333. The van der Waals surface area contributed by atoms with E-state index >= 15 is 0 Å². The molecule has 4 heteroatoms. The molecule has 0 saturated heterocycles. The number of hydrogen-bond donors (Lipinski definition) is 1. The summed E-state index contributed by atoms with van der Waals surface area (Å²) in [6.45, 7) is 6.07. The molecule has 0 amide bonds. The van der Waals surface area contributed by atoms with Crippen molar-refractivity contribution < 1.29 is 9.47 Å². The molecule has 0 radical (unpaired) electrons. The zero-order valence-corrected chi connectivity index (χ0v) is 16.0. The second-order valence-corrected chi connectivity index (χ2v) is 6.58. The summed E-state index contributed by atoms with van der Waals surface area (Å²) in [6, 6.07) is 12.3. The standard InChI is InChI=1S/C14H22N2O2.C7H8/c1-9-10-5-6-16(2)8-12(15)11(10)7-13(17-3)14(9)18-4;1-7-5-3-2-4-6-7/h7,12H,5-6,8,15H2,1-4H3;2-6H,1H3. The van der Waals surface area contributed by atoms with Crippen LogP contribution >= 0.6 is 0 Å². The maximum Gasteiger partial charge on any atom is 0.163 e. The van der Waals surface area contributed by atoms with E-state index in [-0.39, 0.29) is 6.04 Å². The van der Waals surface area contributed by atoms with Gasteiger partial charge in [0, 0.05) is 19.1 Å². The summed E-state index contributed by atoms with van der Waals surface area (Å²) in [4.78, 5) is 2.27. The number of methoxy groups -OCH3 is 2. The monoisotopic (exact) mass is 342 g/mol. The van der Waals surface area contributed by atoms with Crippen molar-refractivity contribution >= 4 is 0 Å². The molecule has 2 aromatic carbocycles. The molecule has 136 valence electrons. The van der Waals surface area contributed by atoms with Crippen molar-refractivity contribution in [3.8, 4) is 11.5 Å². The highest BCUT2D eigenvalue weighted by Crippen LogP contribution is 2.38. The number of likely N-dealkylation sites (N-methyl/N-ethyl adjacent to an activating group) is 1. The second kappa shape index (κ2) is 8.88. The maximum absolute atomic E-state index is 6.28. The van der Waals surface area contributed by atoms with Crippen LogP contribution in [0.15, 0.2) is 36.4 Å². The molecule has 4 nitrogen and oxygen atoms in total. The molecule has 1 aliphatic heterocycles. The van der Waals surface area contributed by atoms with Gasteiger partial charge in [-0.2, -0.15) is 0 Å². The number of rotatable bonds is 2. The molecule has 0 saturated carbocycles. The maximum atomic E-state index is 6.28. The van der Waals surface area contributed by atoms with Crippen LogP contribution in [0.3, 0.4) is 0 Å². The van der Waals surface area contributed by atoms with Crippen LogP contribution in [0.2, 0.25) is 0 Å². The van der Waals surface area contributed by atoms with Gasteiger partial charge < -0.3 is 20.1 Å². The first-order valence-electron chi connectivity index (χ1n) is 8.68. The summed E-state index contributed by atoms with van der Waals surface area (Å²) in [5.74, 6) is 1.60. The smallest absolute Gasteiger partial charge is 0.163 e. The largest absolute Gasteiger partial charge is 0.493 e. The Bertz CT molecular complexity index is 686. The van der Waals surface area contributed by atoms with E-state index in [1.165, 1.54) is 16.7 Å². The lowest BCUT2D eigenvalue weighted by Crippen LogP contribution is -2.27. The number of benzene rings is 2. The highest BCUT2D eigenvalue weighted by molar-refractivity contribution is 5.55. The molecule has 0 fully saturated rings. The summed E-state index contributed by atoms with van der Waals surface area (Å²) in [6.07, 6.45) is 1.01. The molecule has 2 aromatic rings. The minimum atomic E-state index is 0.0333. The zero-order chi connectivity index (χ0) is 18.4. The predicted octanol–water partition coefficient (Wildman–Crippen LogP) is 3.49.